The number of rotatable bonds is 9. The first-order valence-electron chi connectivity index (χ1n) is 13.7. The van der Waals surface area contributed by atoms with E-state index in [2.05, 4.69) is 36.1 Å². The Labute approximate surface area is 251 Å². The second-order valence-electron chi connectivity index (χ2n) is 10.3. The highest BCUT2D eigenvalue weighted by molar-refractivity contribution is 7.85. The van der Waals surface area contributed by atoms with Crippen molar-refractivity contribution in [2.75, 3.05) is 17.6 Å². The average Bonchev–Trinajstić information content (AvgIpc) is 2.89. The van der Waals surface area contributed by atoms with Gasteiger partial charge in [0.25, 0.3) is 16.0 Å². The number of aryl methyl sites for hydroxylation is 1. The first-order chi connectivity index (χ1) is 19.6. The molecule has 0 bridgehead atoms. The fraction of sp³-hybridized carbons (Fsp3) is 0.517. The van der Waals surface area contributed by atoms with Gasteiger partial charge in [-0.2, -0.15) is 8.42 Å². The van der Waals surface area contributed by atoms with Gasteiger partial charge in [-0.15, -0.1) is 13.2 Å². The molecule has 1 saturated carbocycles. The number of alkyl halides is 3. The number of halogens is 4. The zero-order valence-electron chi connectivity index (χ0n) is 24.1. The van der Waals surface area contributed by atoms with Crippen molar-refractivity contribution < 1.29 is 40.5 Å². The van der Waals surface area contributed by atoms with Gasteiger partial charge in [-0.05, 0) is 48.2 Å². The number of anilines is 1. The lowest BCUT2D eigenvalue weighted by Crippen LogP contribution is -2.28. The molecule has 13 heteroatoms. The van der Waals surface area contributed by atoms with Crippen molar-refractivity contribution in [3.8, 4) is 5.75 Å². The van der Waals surface area contributed by atoms with Gasteiger partial charge in [-0.25, -0.2) is 0 Å². The summed E-state index contributed by atoms with van der Waals surface area (Å²) in [5.74, 6) is -1.28. The molecule has 2 amide bonds. The van der Waals surface area contributed by atoms with Crippen LogP contribution in [0.2, 0.25) is 5.02 Å². The molecule has 3 rings (SSSR count). The van der Waals surface area contributed by atoms with Crippen LogP contribution in [0.25, 0.3) is 0 Å². The van der Waals surface area contributed by atoms with E-state index < -0.39 is 39.8 Å². The lowest BCUT2D eigenvalue weighted by Gasteiger charge is -2.12. The molecule has 0 aromatic heterocycles. The molecule has 1 aliphatic rings. The second kappa shape index (κ2) is 18.7. The molecule has 0 saturated heterocycles. The number of ether oxygens (including phenoxy) is 1. The van der Waals surface area contributed by atoms with Crippen molar-refractivity contribution in [2.24, 2.45) is 5.92 Å². The Kier molecular flexibility index (Phi) is 16.5. The lowest BCUT2D eigenvalue weighted by molar-refractivity contribution is -0.274. The number of hydrogen-bond donors (Lipinski definition) is 3. The number of nitrogens with one attached hydrogen (secondary N) is 2. The Bertz CT molecular complexity index is 1200. The van der Waals surface area contributed by atoms with E-state index in [1.165, 1.54) is 56.7 Å². The van der Waals surface area contributed by atoms with Crippen molar-refractivity contribution in [2.45, 2.75) is 78.5 Å². The number of amides is 2. The van der Waals surface area contributed by atoms with Crippen LogP contribution in [0, 0.1) is 5.92 Å². The summed E-state index contributed by atoms with van der Waals surface area (Å²) >= 11 is 5.74. The van der Waals surface area contributed by atoms with Crippen molar-refractivity contribution in [3.05, 3.63) is 58.6 Å². The van der Waals surface area contributed by atoms with Crippen LogP contribution in [0.1, 0.15) is 81.6 Å². The van der Waals surface area contributed by atoms with Crippen LogP contribution in [-0.2, 0) is 21.3 Å². The lowest BCUT2D eigenvalue weighted by atomic mass is 10.0. The zero-order chi connectivity index (χ0) is 31.8. The molecule has 42 heavy (non-hydrogen) atoms. The van der Waals surface area contributed by atoms with Crippen molar-refractivity contribution in [1.82, 2.24) is 5.32 Å². The van der Waals surface area contributed by atoms with E-state index in [0.717, 1.165) is 23.6 Å². The third-order valence-corrected chi connectivity index (χ3v) is 6.46. The van der Waals surface area contributed by atoms with Gasteiger partial charge in [0.1, 0.15) is 5.75 Å². The Morgan fingerprint density at radius 2 is 1.50 bits per heavy atom. The van der Waals surface area contributed by atoms with E-state index >= 15 is 0 Å². The molecule has 1 aliphatic carbocycles. The summed E-state index contributed by atoms with van der Waals surface area (Å²) in [7, 11) is -4.17. The van der Waals surface area contributed by atoms with E-state index in [9.17, 15) is 31.2 Å². The molecule has 0 atom stereocenters. The first kappa shape index (κ1) is 37.2. The summed E-state index contributed by atoms with van der Waals surface area (Å²) in [6.07, 6.45) is 4.49. The van der Waals surface area contributed by atoms with Crippen LogP contribution in [0.4, 0.5) is 18.9 Å². The van der Waals surface area contributed by atoms with Crippen molar-refractivity contribution >= 4 is 39.2 Å². The quantitative estimate of drug-likeness (QED) is 0.246. The maximum Gasteiger partial charge on any atom is 0.573 e. The maximum atomic E-state index is 12.3. The molecule has 2 aromatic carbocycles. The summed E-state index contributed by atoms with van der Waals surface area (Å²) in [6.45, 7) is 6.26. The summed E-state index contributed by atoms with van der Waals surface area (Å²) in [6, 6.07) is 9.57. The molecule has 0 heterocycles. The van der Waals surface area contributed by atoms with Gasteiger partial charge in [0.05, 0.1) is 10.8 Å². The van der Waals surface area contributed by atoms with Gasteiger partial charge in [-0.3, -0.25) is 14.1 Å². The highest BCUT2D eigenvalue weighted by Crippen LogP contribution is 2.32. The molecule has 236 valence electrons. The van der Waals surface area contributed by atoms with Crippen molar-refractivity contribution in [3.63, 3.8) is 0 Å². The highest BCUT2D eigenvalue weighted by Gasteiger charge is 2.32. The van der Waals surface area contributed by atoms with Gasteiger partial charge in [0.2, 0.25) is 5.91 Å². The molecular formula is C29H40ClF3N2O6S. The normalized spacial score (nSPS) is 13.2. The number of carbonyl (C=O) groups is 2. The minimum atomic E-state index is -4.88. The fourth-order valence-corrected chi connectivity index (χ4v) is 4.13. The zero-order valence-corrected chi connectivity index (χ0v) is 25.7. The predicted octanol–water partition coefficient (Wildman–Crippen LogP) is 7.43. The van der Waals surface area contributed by atoms with Crippen LogP contribution in [0.15, 0.2) is 42.5 Å². The smallest absolute Gasteiger partial charge is 0.404 e. The topological polar surface area (TPSA) is 122 Å². The van der Waals surface area contributed by atoms with E-state index in [4.69, 9.17) is 16.2 Å². The first-order valence-corrected chi connectivity index (χ1v) is 15.7. The van der Waals surface area contributed by atoms with E-state index in [0.29, 0.717) is 6.42 Å². The molecule has 0 spiro atoms. The summed E-state index contributed by atoms with van der Waals surface area (Å²) in [5, 5.41) is 4.55. The minimum Gasteiger partial charge on any atom is -0.404 e. The van der Waals surface area contributed by atoms with Gasteiger partial charge in [0.15, 0.2) is 0 Å². The standard InChI is InChI=1S/C19H18ClF3N2O6S.C6H12.C4H10/c20-15-11-14(6-7-16(15)31-19(21,22)23)25-17(26)8-3-12-1-4-13(5-2-12)18(27)24-9-10-32(28,29)30;1-2-4-6-5-3-1;1-4(2)3/h1-2,4-7,11H,3,8-10H2,(H,24,27)(H,25,26)(H,28,29,30);1-6H2;4H,1-3H3. The molecule has 8 nitrogen and oxygen atoms in total. The Morgan fingerprint density at radius 3 is 1.95 bits per heavy atom. The monoisotopic (exact) mass is 636 g/mol. The summed E-state index contributed by atoms with van der Waals surface area (Å²) < 4.78 is 70.4. The predicted molar refractivity (Wildman–Crippen MR) is 158 cm³/mol. The Morgan fingerprint density at radius 1 is 0.976 bits per heavy atom. The molecule has 0 aliphatic heterocycles. The van der Waals surface area contributed by atoms with Crippen LogP contribution in [0.5, 0.6) is 5.75 Å². The van der Waals surface area contributed by atoms with Gasteiger partial charge < -0.3 is 15.4 Å². The van der Waals surface area contributed by atoms with Crippen molar-refractivity contribution in [1.29, 1.82) is 0 Å². The second-order valence-corrected chi connectivity index (χ2v) is 12.3. The van der Waals surface area contributed by atoms with Crippen LogP contribution < -0.4 is 15.4 Å². The van der Waals surface area contributed by atoms with Gasteiger partial charge in [-0.1, -0.05) is 83.0 Å². The summed E-state index contributed by atoms with van der Waals surface area (Å²) in [5.41, 5.74) is 1.21. The Hall–Kier alpha value is -2.83. The van der Waals surface area contributed by atoms with Gasteiger partial charge >= 0.3 is 6.36 Å². The van der Waals surface area contributed by atoms with Gasteiger partial charge in [0, 0.05) is 24.2 Å². The van der Waals surface area contributed by atoms with E-state index in [1.807, 2.05) is 0 Å². The SMILES string of the molecule is C1CCCCC1.CC(C)C.O=C(CCc1ccc(C(=O)NCCS(=O)(=O)O)cc1)Nc1ccc(OC(F)(F)F)c(Cl)c1. The summed E-state index contributed by atoms with van der Waals surface area (Å²) in [4.78, 5) is 24.0. The minimum absolute atomic E-state index is 0.0539. The molecule has 2 aromatic rings. The fourth-order valence-electron chi connectivity index (χ4n) is 3.55. The van der Waals surface area contributed by atoms with E-state index in [-0.39, 0.29) is 29.2 Å². The third kappa shape index (κ3) is 18.6. The molecule has 3 N–H and O–H groups in total. The number of hydrogen-bond acceptors (Lipinski definition) is 5. The highest BCUT2D eigenvalue weighted by atomic mass is 35.5. The maximum absolute atomic E-state index is 12.3. The number of carbonyl (C=O) groups excluding carboxylic acids is 2. The van der Waals surface area contributed by atoms with Crippen LogP contribution in [-0.4, -0.2) is 43.4 Å². The Balaban J connectivity index is 0.000000745. The van der Waals surface area contributed by atoms with Crippen LogP contribution in [0.3, 0.4) is 0 Å². The largest absolute Gasteiger partial charge is 0.573 e. The number of benzene rings is 2. The van der Waals surface area contributed by atoms with Crippen LogP contribution >= 0.6 is 11.6 Å². The molecule has 0 radical (unpaired) electrons. The third-order valence-electron chi connectivity index (χ3n) is 5.44. The van der Waals surface area contributed by atoms with E-state index in [1.54, 1.807) is 12.1 Å². The molecule has 0 unspecified atom stereocenters. The molecule has 1 fully saturated rings. The average molecular weight is 637 g/mol. The molecular weight excluding hydrogens is 597 g/mol.